The molecule has 2 aromatic heterocycles. The molecule has 2 amide bonds. The highest BCUT2D eigenvalue weighted by atomic mass is 19.3. The highest BCUT2D eigenvalue weighted by Gasteiger charge is 2.34. The van der Waals surface area contributed by atoms with Crippen molar-refractivity contribution in [1.82, 2.24) is 14.9 Å². The van der Waals surface area contributed by atoms with Crippen LogP contribution in [0.3, 0.4) is 0 Å². The molecule has 1 aliphatic rings. The molecule has 1 N–H and O–H groups in total. The minimum Gasteiger partial charge on any atom is -0.471 e. The molecule has 7 nitrogen and oxygen atoms in total. The molecule has 0 spiro atoms. The molecule has 2 aromatic rings. The van der Waals surface area contributed by atoms with Crippen LogP contribution in [0.4, 0.5) is 14.6 Å². The number of hydrogen-bond donors (Lipinski definition) is 1. The third-order valence-electron chi connectivity index (χ3n) is 4.99. The molecular weight excluding hydrogens is 394 g/mol. The minimum absolute atomic E-state index is 0.144. The molecule has 9 heteroatoms. The van der Waals surface area contributed by atoms with E-state index in [-0.39, 0.29) is 29.7 Å². The van der Waals surface area contributed by atoms with Gasteiger partial charge >= 0.3 is 0 Å². The normalized spacial score (nSPS) is 14.3. The first-order valence-electron chi connectivity index (χ1n) is 9.66. The lowest BCUT2D eigenvalue weighted by molar-refractivity contribution is -0.118. The van der Waals surface area contributed by atoms with Gasteiger partial charge in [0.2, 0.25) is 11.8 Å². The number of halogens is 2. The molecule has 1 atom stereocenters. The predicted octanol–water partition coefficient (Wildman–Crippen LogP) is 3.74. The molecule has 0 radical (unpaired) electrons. The van der Waals surface area contributed by atoms with Crippen LogP contribution in [0.1, 0.15) is 53.9 Å². The van der Waals surface area contributed by atoms with Crippen LogP contribution in [0.2, 0.25) is 0 Å². The number of aryl methyl sites for hydroxylation is 1. The Morgan fingerprint density at radius 2 is 2.03 bits per heavy atom. The van der Waals surface area contributed by atoms with Gasteiger partial charge < -0.3 is 15.0 Å². The summed E-state index contributed by atoms with van der Waals surface area (Å²) >= 11 is 0. The second kappa shape index (κ2) is 8.73. The fourth-order valence-electron chi connectivity index (χ4n) is 3.22. The monoisotopic (exact) mass is 418 g/mol. The zero-order valence-electron chi connectivity index (χ0n) is 17.3. The molecule has 0 aromatic carbocycles. The van der Waals surface area contributed by atoms with E-state index in [1.54, 1.807) is 37.8 Å². The van der Waals surface area contributed by atoms with E-state index in [9.17, 15) is 18.4 Å². The molecule has 0 aliphatic carbocycles. The average Bonchev–Trinajstić information content (AvgIpc) is 3.04. The van der Waals surface area contributed by atoms with Gasteiger partial charge in [0.1, 0.15) is 5.82 Å². The highest BCUT2D eigenvalue weighted by Crippen LogP contribution is 2.34. The lowest BCUT2D eigenvalue weighted by Gasteiger charge is -2.25. The molecular formula is C21H24F2N4O3. The maximum atomic E-state index is 13.0. The van der Waals surface area contributed by atoms with E-state index in [0.29, 0.717) is 29.1 Å². The zero-order chi connectivity index (χ0) is 22.0. The first-order valence-corrected chi connectivity index (χ1v) is 9.66. The van der Waals surface area contributed by atoms with Crippen LogP contribution in [0, 0.1) is 12.8 Å². The number of nitrogens with zero attached hydrogens (tertiary/aromatic N) is 3. The molecule has 0 saturated heterocycles. The number of aromatic nitrogens is 2. The van der Waals surface area contributed by atoms with Crippen molar-refractivity contribution in [3.8, 4) is 5.88 Å². The largest absolute Gasteiger partial charge is 0.471 e. The summed E-state index contributed by atoms with van der Waals surface area (Å²) in [5.41, 5.74) is 2.52. The smallest absolute Gasteiger partial charge is 0.272 e. The Morgan fingerprint density at radius 1 is 1.30 bits per heavy atom. The lowest BCUT2D eigenvalue weighted by atomic mass is 10.1. The van der Waals surface area contributed by atoms with Gasteiger partial charge in [0, 0.05) is 35.0 Å². The SMILES string of the molecule is Cc1cc(C(C)N2Cc3c(ccnc3NC(=O)C(C)C)C2=O)cnc1OCC(F)F. The molecule has 0 bridgehead atoms. The Hall–Kier alpha value is -3.10. The van der Waals surface area contributed by atoms with Crippen LogP contribution in [0.15, 0.2) is 24.5 Å². The molecule has 0 fully saturated rings. The fraction of sp³-hybridized carbons (Fsp3) is 0.429. The number of alkyl halides is 2. The van der Waals surface area contributed by atoms with Gasteiger partial charge in [-0.15, -0.1) is 0 Å². The molecule has 160 valence electrons. The molecule has 1 unspecified atom stereocenters. The Kier molecular flexibility index (Phi) is 6.28. The summed E-state index contributed by atoms with van der Waals surface area (Å²) in [5.74, 6) is -0.0243. The summed E-state index contributed by atoms with van der Waals surface area (Å²) in [6, 6.07) is 3.09. The number of amides is 2. The minimum atomic E-state index is -2.58. The van der Waals surface area contributed by atoms with Gasteiger partial charge in [-0.2, -0.15) is 0 Å². The molecule has 0 saturated carbocycles. The quantitative estimate of drug-likeness (QED) is 0.741. The van der Waals surface area contributed by atoms with Crippen molar-refractivity contribution < 1.29 is 23.1 Å². The third-order valence-corrected chi connectivity index (χ3v) is 4.99. The zero-order valence-corrected chi connectivity index (χ0v) is 17.3. The number of fused-ring (bicyclic) bond motifs is 1. The molecule has 30 heavy (non-hydrogen) atoms. The van der Waals surface area contributed by atoms with Gasteiger partial charge in [-0.3, -0.25) is 9.59 Å². The van der Waals surface area contributed by atoms with Gasteiger partial charge in [-0.05, 0) is 31.5 Å². The molecule has 3 rings (SSSR count). The van der Waals surface area contributed by atoms with Gasteiger partial charge in [-0.1, -0.05) is 13.8 Å². The van der Waals surface area contributed by atoms with Crippen molar-refractivity contribution in [1.29, 1.82) is 0 Å². The fourth-order valence-corrected chi connectivity index (χ4v) is 3.22. The second-order valence-electron chi connectivity index (χ2n) is 7.53. The number of hydrogen-bond acceptors (Lipinski definition) is 5. The van der Waals surface area contributed by atoms with Crippen molar-refractivity contribution in [2.45, 2.75) is 46.7 Å². The Morgan fingerprint density at radius 3 is 2.67 bits per heavy atom. The van der Waals surface area contributed by atoms with Gasteiger partial charge in [0.25, 0.3) is 12.3 Å². The maximum absolute atomic E-state index is 13.0. The Bertz CT molecular complexity index is 965. The van der Waals surface area contributed by atoms with Crippen molar-refractivity contribution in [2.24, 2.45) is 5.92 Å². The third kappa shape index (κ3) is 4.39. The van der Waals surface area contributed by atoms with Crippen molar-refractivity contribution in [2.75, 3.05) is 11.9 Å². The van der Waals surface area contributed by atoms with Crippen LogP contribution >= 0.6 is 0 Å². The number of rotatable bonds is 7. The number of carbonyl (C=O) groups excluding carboxylic acids is 2. The van der Waals surface area contributed by atoms with Crippen LogP contribution in [-0.2, 0) is 11.3 Å². The van der Waals surface area contributed by atoms with Crippen molar-refractivity contribution in [3.63, 3.8) is 0 Å². The van der Waals surface area contributed by atoms with Gasteiger partial charge in [0.15, 0.2) is 6.61 Å². The van der Waals surface area contributed by atoms with Crippen LogP contribution < -0.4 is 10.1 Å². The Labute approximate surface area is 173 Å². The van der Waals surface area contributed by atoms with E-state index in [2.05, 4.69) is 15.3 Å². The number of anilines is 1. The van der Waals surface area contributed by atoms with Crippen LogP contribution in [0.25, 0.3) is 0 Å². The van der Waals surface area contributed by atoms with Gasteiger partial charge in [0.05, 0.1) is 12.6 Å². The summed E-state index contributed by atoms with van der Waals surface area (Å²) < 4.78 is 29.7. The van der Waals surface area contributed by atoms with Crippen LogP contribution in [0.5, 0.6) is 5.88 Å². The van der Waals surface area contributed by atoms with E-state index in [4.69, 9.17) is 4.74 Å². The van der Waals surface area contributed by atoms with E-state index in [1.165, 1.54) is 12.4 Å². The average molecular weight is 418 g/mol. The summed E-state index contributed by atoms with van der Waals surface area (Å²) in [6.07, 6.45) is 0.445. The number of pyridine rings is 2. The second-order valence-corrected chi connectivity index (χ2v) is 7.53. The summed E-state index contributed by atoms with van der Waals surface area (Å²) in [6.45, 7) is 6.71. The lowest BCUT2D eigenvalue weighted by Crippen LogP contribution is -2.27. The Balaban J connectivity index is 1.80. The van der Waals surface area contributed by atoms with Crippen molar-refractivity contribution >= 4 is 17.6 Å². The number of ether oxygens (including phenoxy) is 1. The van der Waals surface area contributed by atoms with Crippen LogP contribution in [-0.4, -0.2) is 39.7 Å². The van der Waals surface area contributed by atoms with Gasteiger partial charge in [-0.25, -0.2) is 18.7 Å². The summed E-state index contributed by atoms with van der Waals surface area (Å²) in [4.78, 5) is 35.1. The first kappa shape index (κ1) is 21.6. The maximum Gasteiger partial charge on any atom is 0.272 e. The van der Waals surface area contributed by atoms with E-state index in [0.717, 1.165) is 5.56 Å². The standard InChI is InChI=1S/C21H24F2N4O3/c1-11(2)19(28)26-18-16-9-27(21(29)15(16)5-6-24-18)13(4)14-7-12(3)20(25-8-14)30-10-17(22)23/h5-8,11,13,17H,9-10H2,1-4H3,(H,24,26,28). The van der Waals surface area contributed by atoms with Crippen molar-refractivity contribution in [3.05, 3.63) is 46.8 Å². The highest BCUT2D eigenvalue weighted by molar-refractivity contribution is 6.01. The summed E-state index contributed by atoms with van der Waals surface area (Å²) in [7, 11) is 0. The predicted molar refractivity (Wildman–Crippen MR) is 106 cm³/mol. The topological polar surface area (TPSA) is 84.4 Å². The van der Waals surface area contributed by atoms with E-state index < -0.39 is 13.0 Å². The number of carbonyl (C=O) groups is 2. The van der Waals surface area contributed by atoms with E-state index in [1.807, 2.05) is 6.92 Å². The van der Waals surface area contributed by atoms with E-state index >= 15 is 0 Å². The molecule has 1 aliphatic heterocycles. The number of nitrogens with one attached hydrogen (secondary N) is 1. The molecule has 3 heterocycles. The summed E-state index contributed by atoms with van der Waals surface area (Å²) in [5, 5.41) is 2.78. The first-order chi connectivity index (χ1) is 14.2.